The number of amides is 2. The SMILES string of the molecule is COc1ccc(C2NCCN(C(C)=O)C2=O)cc1OC. The van der Waals surface area contributed by atoms with Crippen LogP contribution in [0, 0.1) is 0 Å². The first-order valence-corrected chi connectivity index (χ1v) is 6.35. The number of nitrogens with one attached hydrogen (secondary N) is 1. The lowest BCUT2D eigenvalue weighted by Crippen LogP contribution is -2.51. The van der Waals surface area contributed by atoms with Crippen LogP contribution in [0.2, 0.25) is 0 Å². The van der Waals surface area contributed by atoms with Crippen molar-refractivity contribution in [1.82, 2.24) is 10.2 Å². The Kier molecular flexibility index (Phi) is 4.24. The molecule has 1 heterocycles. The van der Waals surface area contributed by atoms with Crippen molar-refractivity contribution in [2.24, 2.45) is 0 Å². The molecule has 0 radical (unpaired) electrons. The smallest absolute Gasteiger partial charge is 0.250 e. The lowest BCUT2D eigenvalue weighted by molar-refractivity contribution is -0.146. The molecule has 6 heteroatoms. The molecule has 6 nitrogen and oxygen atoms in total. The number of piperazine rings is 1. The van der Waals surface area contributed by atoms with Crippen molar-refractivity contribution in [1.29, 1.82) is 0 Å². The summed E-state index contributed by atoms with van der Waals surface area (Å²) >= 11 is 0. The van der Waals surface area contributed by atoms with Gasteiger partial charge in [0.15, 0.2) is 11.5 Å². The topological polar surface area (TPSA) is 67.9 Å². The number of benzene rings is 1. The minimum Gasteiger partial charge on any atom is -0.493 e. The number of ether oxygens (including phenoxy) is 2. The molecule has 2 amide bonds. The van der Waals surface area contributed by atoms with Gasteiger partial charge in [0, 0.05) is 20.0 Å². The van der Waals surface area contributed by atoms with E-state index >= 15 is 0 Å². The van der Waals surface area contributed by atoms with Gasteiger partial charge in [-0.2, -0.15) is 0 Å². The second-order valence-electron chi connectivity index (χ2n) is 4.51. The minimum absolute atomic E-state index is 0.234. The Balaban J connectivity index is 2.31. The Morgan fingerprint density at radius 1 is 1.30 bits per heavy atom. The first-order valence-electron chi connectivity index (χ1n) is 6.35. The normalized spacial score (nSPS) is 18.9. The van der Waals surface area contributed by atoms with Crippen LogP contribution in [0.15, 0.2) is 18.2 Å². The summed E-state index contributed by atoms with van der Waals surface area (Å²) in [5.41, 5.74) is 0.749. The molecule has 1 N–H and O–H groups in total. The lowest BCUT2D eigenvalue weighted by atomic mass is 10.0. The number of hydrogen-bond acceptors (Lipinski definition) is 5. The summed E-state index contributed by atoms with van der Waals surface area (Å²) in [6.07, 6.45) is 0. The van der Waals surface area contributed by atoms with E-state index in [2.05, 4.69) is 5.32 Å². The highest BCUT2D eigenvalue weighted by Gasteiger charge is 2.32. The van der Waals surface area contributed by atoms with Crippen LogP contribution >= 0.6 is 0 Å². The Morgan fingerprint density at radius 2 is 2.00 bits per heavy atom. The van der Waals surface area contributed by atoms with Gasteiger partial charge in [-0.15, -0.1) is 0 Å². The Bertz CT molecular complexity index is 530. The van der Waals surface area contributed by atoms with Crippen LogP contribution in [0.4, 0.5) is 0 Å². The zero-order valence-electron chi connectivity index (χ0n) is 11.8. The van der Waals surface area contributed by atoms with Gasteiger partial charge in [-0.1, -0.05) is 6.07 Å². The Morgan fingerprint density at radius 3 is 2.60 bits per heavy atom. The molecular weight excluding hydrogens is 260 g/mol. The summed E-state index contributed by atoms with van der Waals surface area (Å²) in [6.45, 7) is 2.37. The molecule has 0 bridgehead atoms. The largest absolute Gasteiger partial charge is 0.493 e. The molecule has 0 saturated carbocycles. The van der Waals surface area contributed by atoms with E-state index in [4.69, 9.17) is 9.47 Å². The molecule has 20 heavy (non-hydrogen) atoms. The van der Waals surface area contributed by atoms with Crippen molar-refractivity contribution < 1.29 is 19.1 Å². The molecule has 1 aromatic rings. The van der Waals surface area contributed by atoms with E-state index in [-0.39, 0.29) is 11.8 Å². The van der Waals surface area contributed by atoms with Gasteiger partial charge in [0.05, 0.1) is 14.2 Å². The van der Waals surface area contributed by atoms with Crippen molar-refractivity contribution in [2.45, 2.75) is 13.0 Å². The molecule has 1 aliphatic rings. The Hall–Kier alpha value is -2.08. The first-order chi connectivity index (χ1) is 9.58. The zero-order chi connectivity index (χ0) is 14.7. The van der Waals surface area contributed by atoms with Crippen molar-refractivity contribution in [2.75, 3.05) is 27.3 Å². The molecule has 1 aliphatic heterocycles. The number of carbonyl (C=O) groups is 2. The van der Waals surface area contributed by atoms with Gasteiger partial charge in [0.2, 0.25) is 5.91 Å². The quantitative estimate of drug-likeness (QED) is 0.882. The highest BCUT2D eigenvalue weighted by molar-refractivity contribution is 5.98. The van der Waals surface area contributed by atoms with Crippen LogP contribution in [-0.2, 0) is 9.59 Å². The van der Waals surface area contributed by atoms with E-state index in [9.17, 15) is 9.59 Å². The van der Waals surface area contributed by atoms with Crippen molar-refractivity contribution in [3.63, 3.8) is 0 Å². The summed E-state index contributed by atoms with van der Waals surface area (Å²) in [4.78, 5) is 25.0. The van der Waals surface area contributed by atoms with Gasteiger partial charge < -0.3 is 14.8 Å². The molecule has 1 saturated heterocycles. The first kappa shape index (κ1) is 14.3. The molecule has 0 aromatic heterocycles. The van der Waals surface area contributed by atoms with E-state index in [0.717, 1.165) is 5.56 Å². The lowest BCUT2D eigenvalue weighted by Gasteiger charge is -2.31. The molecule has 1 aromatic carbocycles. The fourth-order valence-electron chi connectivity index (χ4n) is 2.28. The predicted octanol–water partition coefficient (Wildman–Crippen LogP) is 0.723. The van der Waals surface area contributed by atoms with Gasteiger partial charge in [0.1, 0.15) is 6.04 Å². The van der Waals surface area contributed by atoms with Gasteiger partial charge in [-0.3, -0.25) is 14.5 Å². The second kappa shape index (κ2) is 5.92. The van der Waals surface area contributed by atoms with Gasteiger partial charge in [-0.05, 0) is 17.7 Å². The maximum absolute atomic E-state index is 12.3. The van der Waals surface area contributed by atoms with Crippen molar-refractivity contribution in [3.8, 4) is 11.5 Å². The summed E-state index contributed by atoms with van der Waals surface area (Å²) in [5, 5.41) is 3.12. The average Bonchev–Trinajstić information content (AvgIpc) is 2.46. The van der Waals surface area contributed by atoms with E-state index in [1.54, 1.807) is 32.4 Å². The van der Waals surface area contributed by atoms with Crippen LogP contribution in [0.1, 0.15) is 18.5 Å². The van der Waals surface area contributed by atoms with Gasteiger partial charge >= 0.3 is 0 Å². The molecule has 1 fully saturated rings. The average molecular weight is 278 g/mol. The monoisotopic (exact) mass is 278 g/mol. The summed E-state index contributed by atoms with van der Waals surface area (Å²) in [5.74, 6) is 0.681. The molecule has 1 unspecified atom stereocenters. The fourth-order valence-corrected chi connectivity index (χ4v) is 2.28. The standard InChI is InChI=1S/C14H18N2O4/c1-9(17)16-7-6-15-13(14(16)18)10-4-5-11(19-2)12(8-10)20-3/h4-5,8,13,15H,6-7H2,1-3H3. The molecule has 1 atom stereocenters. The second-order valence-corrected chi connectivity index (χ2v) is 4.51. The van der Waals surface area contributed by atoms with Crippen molar-refractivity contribution >= 4 is 11.8 Å². The van der Waals surface area contributed by atoms with E-state index in [0.29, 0.717) is 24.6 Å². The predicted molar refractivity (Wildman–Crippen MR) is 72.7 cm³/mol. The van der Waals surface area contributed by atoms with E-state index in [1.807, 2.05) is 0 Å². The third kappa shape index (κ3) is 2.60. The fraction of sp³-hybridized carbons (Fsp3) is 0.429. The molecule has 108 valence electrons. The summed E-state index contributed by atoms with van der Waals surface area (Å²) in [6, 6.07) is 4.75. The third-order valence-corrected chi connectivity index (χ3v) is 3.32. The maximum Gasteiger partial charge on any atom is 0.250 e. The highest BCUT2D eigenvalue weighted by Crippen LogP contribution is 2.31. The molecule has 0 spiro atoms. The van der Waals surface area contributed by atoms with E-state index < -0.39 is 6.04 Å². The van der Waals surface area contributed by atoms with E-state index in [1.165, 1.54) is 11.8 Å². The van der Waals surface area contributed by atoms with Crippen molar-refractivity contribution in [3.05, 3.63) is 23.8 Å². The number of carbonyl (C=O) groups excluding carboxylic acids is 2. The molecule has 0 aliphatic carbocycles. The van der Waals surface area contributed by atoms with Gasteiger partial charge in [-0.25, -0.2) is 0 Å². The molecule has 2 rings (SSSR count). The number of imide groups is 1. The Labute approximate surface area is 117 Å². The highest BCUT2D eigenvalue weighted by atomic mass is 16.5. The minimum atomic E-state index is -0.535. The number of hydrogen-bond donors (Lipinski definition) is 1. The van der Waals surface area contributed by atoms with Crippen LogP contribution in [0.25, 0.3) is 0 Å². The third-order valence-electron chi connectivity index (χ3n) is 3.32. The number of rotatable bonds is 3. The van der Waals surface area contributed by atoms with Crippen LogP contribution in [0.3, 0.4) is 0 Å². The van der Waals surface area contributed by atoms with Gasteiger partial charge in [0.25, 0.3) is 5.91 Å². The number of nitrogens with zero attached hydrogens (tertiary/aromatic N) is 1. The molecular formula is C14H18N2O4. The van der Waals surface area contributed by atoms with Crippen LogP contribution < -0.4 is 14.8 Å². The van der Waals surface area contributed by atoms with Crippen LogP contribution in [0.5, 0.6) is 11.5 Å². The summed E-state index contributed by atoms with van der Waals surface area (Å²) in [7, 11) is 3.10. The summed E-state index contributed by atoms with van der Waals surface area (Å²) < 4.78 is 10.4. The zero-order valence-corrected chi connectivity index (χ0v) is 11.8. The number of methoxy groups -OCH3 is 2. The van der Waals surface area contributed by atoms with Crippen LogP contribution in [-0.4, -0.2) is 44.0 Å². The maximum atomic E-state index is 12.3.